The molecule has 0 radical (unpaired) electrons. The third-order valence-electron chi connectivity index (χ3n) is 3.20. The molecule has 0 spiro atoms. The first kappa shape index (κ1) is 11.0. The first-order chi connectivity index (χ1) is 8.33. The fourth-order valence-electron chi connectivity index (χ4n) is 2.32. The zero-order chi connectivity index (χ0) is 11.7. The van der Waals surface area contributed by atoms with E-state index in [2.05, 4.69) is 15.4 Å². The maximum Gasteiger partial charge on any atom is 0.174 e. The van der Waals surface area contributed by atoms with Gasteiger partial charge in [0, 0.05) is 18.7 Å². The van der Waals surface area contributed by atoms with E-state index < -0.39 is 0 Å². The highest BCUT2D eigenvalue weighted by Gasteiger charge is 2.16. The van der Waals surface area contributed by atoms with Gasteiger partial charge in [-0.15, -0.1) is 0 Å². The van der Waals surface area contributed by atoms with Gasteiger partial charge in [0.2, 0.25) is 0 Å². The number of rotatable bonds is 2. The molecule has 1 N–H and O–H groups in total. The van der Waals surface area contributed by atoms with Crippen molar-refractivity contribution in [1.82, 2.24) is 19.9 Å². The Morgan fingerprint density at radius 1 is 1.47 bits per heavy atom. The van der Waals surface area contributed by atoms with Crippen LogP contribution < -0.4 is 5.32 Å². The van der Waals surface area contributed by atoms with Gasteiger partial charge in [-0.25, -0.2) is 9.50 Å². The SMILES string of the molecule is Clc1cccn2nc(CC3CCCCN3)nc12. The molecule has 0 aromatic carbocycles. The topological polar surface area (TPSA) is 42.2 Å². The Morgan fingerprint density at radius 3 is 3.18 bits per heavy atom. The summed E-state index contributed by atoms with van der Waals surface area (Å²) < 4.78 is 1.75. The van der Waals surface area contributed by atoms with Crippen molar-refractivity contribution < 1.29 is 0 Å². The molecule has 2 aromatic heterocycles. The van der Waals surface area contributed by atoms with Crippen molar-refractivity contribution in [3.63, 3.8) is 0 Å². The molecule has 1 saturated heterocycles. The summed E-state index contributed by atoms with van der Waals surface area (Å²) in [5.74, 6) is 0.873. The molecular formula is C12H15ClN4. The normalized spacial score (nSPS) is 20.9. The van der Waals surface area contributed by atoms with Crippen LogP contribution in [0.5, 0.6) is 0 Å². The second-order valence-corrected chi connectivity index (χ2v) is 4.91. The fraction of sp³-hybridized carbons (Fsp3) is 0.500. The first-order valence-corrected chi connectivity index (χ1v) is 6.44. The maximum atomic E-state index is 6.07. The molecular weight excluding hydrogens is 236 g/mol. The second-order valence-electron chi connectivity index (χ2n) is 4.50. The van der Waals surface area contributed by atoms with Crippen LogP contribution >= 0.6 is 11.6 Å². The Hall–Kier alpha value is -1.13. The van der Waals surface area contributed by atoms with Crippen molar-refractivity contribution >= 4 is 17.2 Å². The molecule has 1 fully saturated rings. The van der Waals surface area contributed by atoms with E-state index in [1.165, 1.54) is 19.3 Å². The number of nitrogens with zero attached hydrogens (tertiary/aromatic N) is 3. The highest BCUT2D eigenvalue weighted by atomic mass is 35.5. The van der Waals surface area contributed by atoms with Crippen molar-refractivity contribution in [3.05, 3.63) is 29.2 Å². The van der Waals surface area contributed by atoms with E-state index in [0.717, 1.165) is 24.4 Å². The van der Waals surface area contributed by atoms with Crippen molar-refractivity contribution in [3.8, 4) is 0 Å². The lowest BCUT2D eigenvalue weighted by atomic mass is 10.0. The van der Waals surface area contributed by atoms with Gasteiger partial charge < -0.3 is 5.32 Å². The standard InChI is InChI=1S/C12H15ClN4/c13-10-5-3-7-17-12(10)15-11(16-17)8-9-4-1-2-6-14-9/h3,5,7,9,14H,1-2,4,6,8H2. The minimum atomic E-state index is 0.514. The minimum absolute atomic E-state index is 0.514. The van der Waals surface area contributed by atoms with Crippen molar-refractivity contribution in [2.75, 3.05) is 6.54 Å². The van der Waals surface area contributed by atoms with Crippen LogP contribution in [-0.2, 0) is 6.42 Å². The lowest BCUT2D eigenvalue weighted by Crippen LogP contribution is -2.35. The summed E-state index contributed by atoms with van der Waals surface area (Å²) >= 11 is 6.07. The summed E-state index contributed by atoms with van der Waals surface area (Å²) in [7, 11) is 0. The van der Waals surface area contributed by atoms with Crippen LogP contribution in [0.25, 0.3) is 5.65 Å². The van der Waals surface area contributed by atoms with E-state index in [1.54, 1.807) is 4.52 Å². The van der Waals surface area contributed by atoms with Crippen LogP contribution in [0, 0.1) is 0 Å². The van der Waals surface area contributed by atoms with Gasteiger partial charge in [0.1, 0.15) is 0 Å². The van der Waals surface area contributed by atoms with Crippen LogP contribution in [0.4, 0.5) is 0 Å². The number of aromatic nitrogens is 3. The lowest BCUT2D eigenvalue weighted by Gasteiger charge is -2.21. The highest BCUT2D eigenvalue weighted by molar-refractivity contribution is 6.33. The number of halogens is 1. The lowest BCUT2D eigenvalue weighted by molar-refractivity contribution is 0.394. The minimum Gasteiger partial charge on any atom is -0.314 e. The zero-order valence-electron chi connectivity index (χ0n) is 9.56. The van der Waals surface area contributed by atoms with Crippen molar-refractivity contribution in [1.29, 1.82) is 0 Å². The van der Waals surface area contributed by atoms with Crippen molar-refractivity contribution in [2.24, 2.45) is 0 Å². The first-order valence-electron chi connectivity index (χ1n) is 6.06. The van der Waals surface area contributed by atoms with Gasteiger partial charge >= 0.3 is 0 Å². The Morgan fingerprint density at radius 2 is 2.41 bits per heavy atom. The van der Waals surface area contributed by atoms with Crippen LogP contribution in [0.2, 0.25) is 5.02 Å². The van der Waals surface area contributed by atoms with Crippen LogP contribution in [0.15, 0.2) is 18.3 Å². The van der Waals surface area contributed by atoms with Crippen LogP contribution in [-0.4, -0.2) is 27.2 Å². The van der Waals surface area contributed by atoms with Gasteiger partial charge in [0.05, 0.1) is 5.02 Å². The molecule has 1 atom stereocenters. The third-order valence-corrected chi connectivity index (χ3v) is 3.49. The average Bonchev–Trinajstić information content (AvgIpc) is 2.74. The van der Waals surface area contributed by atoms with E-state index in [0.29, 0.717) is 11.1 Å². The Kier molecular flexibility index (Phi) is 2.99. The number of pyridine rings is 1. The summed E-state index contributed by atoms with van der Waals surface area (Å²) in [6.07, 6.45) is 6.56. The van der Waals surface area contributed by atoms with E-state index in [9.17, 15) is 0 Å². The molecule has 1 aliphatic rings. The molecule has 2 aromatic rings. The summed E-state index contributed by atoms with van der Waals surface area (Å²) in [6.45, 7) is 1.11. The van der Waals surface area contributed by atoms with Gasteiger partial charge in [-0.1, -0.05) is 18.0 Å². The number of nitrogens with one attached hydrogen (secondary N) is 1. The molecule has 3 rings (SSSR count). The van der Waals surface area contributed by atoms with Crippen molar-refractivity contribution in [2.45, 2.75) is 31.7 Å². The highest BCUT2D eigenvalue weighted by Crippen LogP contribution is 2.16. The number of hydrogen-bond donors (Lipinski definition) is 1. The smallest absolute Gasteiger partial charge is 0.174 e. The van der Waals surface area contributed by atoms with E-state index in [4.69, 9.17) is 11.6 Å². The predicted molar refractivity (Wildman–Crippen MR) is 67.3 cm³/mol. The molecule has 0 amide bonds. The fourth-order valence-corrected chi connectivity index (χ4v) is 2.52. The van der Waals surface area contributed by atoms with Crippen LogP contribution in [0.1, 0.15) is 25.1 Å². The van der Waals surface area contributed by atoms with Gasteiger partial charge in [-0.3, -0.25) is 0 Å². The molecule has 5 heteroatoms. The molecule has 1 aliphatic heterocycles. The summed E-state index contributed by atoms with van der Waals surface area (Å²) in [6, 6.07) is 4.24. The van der Waals surface area contributed by atoms with E-state index in [1.807, 2.05) is 18.3 Å². The zero-order valence-corrected chi connectivity index (χ0v) is 10.3. The summed E-state index contributed by atoms with van der Waals surface area (Å²) in [4.78, 5) is 4.49. The molecule has 4 nitrogen and oxygen atoms in total. The largest absolute Gasteiger partial charge is 0.314 e. The number of hydrogen-bond acceptors (Lipinski definition) is 3. The van der Waals surface area contributed by atoms with E-state index in [-0.39, 0.29) is 0 Å². The second kappa shape index (κ2) is 4.63. The Balaban J connectivity index is 1.83. The number of piperidine rings is 1. The molecule has 17 heavy (non-hydrogen) atoms. The van der Waals surface area contributed by atoms with Crippen LogP contribution in [0.3, 0.4) is 0 Å². The Labute approximate surface area is 105 Å². The molecule has 0 saturated carbocycles. The summed E-state index contributed by atoms with van der Waals surface area (Å²) in [5, 5.41) is 8.61. The van der Waals surface area contributed by atoms with Gasteiger partial charge in [-0.05, 0) is 31.5 Å². The Bertz CT molecular complexity index is 516. The maximum absolute atomic E-state index is 6.07. The average molecular weight is 251 g/mol. The quantitative estimate of drug-likeness (QED) is 0.887. The monoisotopic (exact) mass is 250 g/mol. The van der Waals surface area contributed by atoms with Gasteiger partial charge in [0.15, 0.2) is 11.5 Å². The molecule has 0 aliphatic carbocycles. The molecule has 90 valence electrons. The van der Waals surface area contributed by atoms with E-state index >= 15 is 0 Å². The molecule has 1 unspecified atom stereocenters. The van der Waals surface area contributed by atoms with Gasteiger partial charge in [0.25, 0.3) is 0 Å². The molecule has 0 bridgehead atoms. The number of fused-ring (bicyclic) bond motifs is 1. The molecule has 3 heterocycles. The van der Waals surface area contributed by atoms with Gasteiger partial charge in [-0.2, -0.15) is 5.10 Å². The third kappa shape index (κ3) is 2.28. The predicted octanol–water partition coefficient (Wildman–Crippen LogP) is 2.07. The summed E-state index contributed by atoms with van der Waals surface area (Å²) in [5.41, 5.74) is 0.750.